The zero-order valence-electron chi connectivity index (χ0n) is 13.2. The van der Waals surface area contributed by atoms with Gasteiger partial charge in [-0.25, -0.2) is 0 Å². The Bertz CT molecular complexity index is 487. The Morgan fingerprint density at radius 1 is 1.38 bits per heavy atom. The van der Waals surface area contributed by atoms with Gasteiger partial charge in [0.2, 0.25) is 5.91 Å². The fourth-order valence-corrected chi connectivity index (χ4v) is 2.96. The number of hydrogen-bond donors (Lipinski definition) is 2. The van der Waals surface area contributed by atoms with E-state index in [-0.39, 0.29) is 5.91 Å². The minimum absolute atomic E-state index is 0.0543. The van der Waals surface area contributed by atoms with E-state index in [1.165, 1.54) is 25.7 Å². The number of nitrogens with two attached hydrogens (primary N) is 1. The topological polar surface area (TPSA) is 58.4 Å². The van der Waals surface area contributed by atoms with Gasteiger partial charge in [-0.15, -0.1) is 0 Å². The summed E-state index contributed by atoms with van der Waals surface area (Å²) in [6, 6.07) is 5.61. The maximum Gasteiger partial charge on any atom is 0.238 e. The molecule has 1 saturated heterocycles. The Labute approximate surface area is 127 Å². The van der Waals surface area contributed by atoms with Gasteiger partial charge in [0.1, 0.15) is 0 Å². The Hall–Kier alpha value is -1.55. The third-order valence-corrected chi connectivity index (χ3v) is 4.42. The number of likely N-dealkylation sites (tertiary alicyclic amines) is 1. The van der Waals surface area contributed by atoms with Crippen molar-refractivity contribution in [1.29, 1.82) is 0 Å². The molecule has 1 aromatic rings. The van der Waals surface area contributed by atoms with Gasteiger partial charge < -0.3 is 11.1 Å². The van der Waals surface area contributed by atoms with Crippen LogP contribution in [0.2, 0.25) is 0 Å². The monoisotopic (exact) mass is 289 g/mol. The normalized spacial score (nSPS) is 20.0. The molecule has 0 bridgehead atoms. The molecule has 1 aliphatic rings. The van der Waals surface area contributed by atoms with Gasteiger partial charge in [0.05, 0.1) is 6.54 Å². The van der Waals surface area contributed by atoms with Crippen LogP contribution >= 0.6 is 0 Å². The average molecular weight is 289 g/mol. The zero-order chi connectivity index (χ0) is 15.2. The molecule has 0 spiro atoms. The highest BCUT2D eigenvalue weighted by atomic mass is 16.2. The van der Waals surface area contributed by atoms with Crippen molar-refractivity contribution in [2.24, 2.45) is 5.92 Å². The highest BCUT2D eigenvalue weighted by Gasteiger charge is 2.18. The SMILES string of the molecule is CCC1CCCN(CC(=O)Nc2cc(N)ccc2C)CC1. The minimum Gasteiger partial charge on any atom is -0.399 e. The van der Waals surface area contributed by atoms with Crippen LogP contribution in [0.25, 0.3) is 0 Å². The van der Waals surface area contributed by atoms with E-state index in [2.05, 4.69) is 17.1 Å². The molecule has 1 fully saturated rings. The summed E-state index contributed by atoms with van der Waals surface area (Å²) in [5, 5.41) is 2.98. The lowest BCUT2D eigenvalue weighted by molar-refractivity contribution is -0.117. The predicted molar refractivity (Wildman–Crippen MR) is 88.3 cm³/mol. The Kier molecular flexibility index (Phi) is 5.62. The number of aryl methyl sites for hydroxylation is 1. The van der Waals surface area contributed by atoms with E-state index in [4.69, 9.17) is 5.73 Å². The fraction of sp³-hybridized carbons (Fsp3) is 0.588. The van der Waals surface area contributed by atoms with Gasteiger partial charge in [-0.3, -0.25) is 9.69 Å². The molecule has 116 valence electrons. The number of carbonyl (C=O) groups is 1. The number of rotatable bonds is 4. The van der Waals surface area contributed by atoms with E-state index in [0.29, 0.717) is 12.2 Å². The van der Waals surface area contributed by atoms with Crippen LogP contribution in [0, 0.1) is 12.8 Å². The summed E-state index contributed by atoms with van der Waals surface area (Å²) in [5.74, 6) is 0.882. The van der Waals surface area contributed by atoms with Crippen LogP contribution in [0.15, 0.2) is 18.2 Å². The molecule has 1 unspecified atom stereocenters. The molecule has 1 atom stereocenters. The van der Waals surface area contributed by atoms with E-state index >= 15 is 0 Å². The van der Waals surface area contributed by atoms with Crippen molar-refractivity contribution in [3.8, 4) is 0 Å². The Morgan fingerprint density at radius 3 is 2.95 bits per heavy atom. The van der Waals surface area contributed by atoms with Crippen LogP contribution in [0.1, 0.15) is 38.2 Å². The lowest BCUT2D eigenvalue weighted by Gasteiger charge is -2.20. The standard InChI is InChI=1S/C17H27N3O/c1-3-14-5-4-9-20(10-8-14)12-17(21)19-16-11-15(18)7-6-13(16)2/h6-7,11,14H,3-5,8-10,12,18H2,1-2H3,(H,19,21). The molecule has 0 radical (unpaired) electrons. The molecular weight excluding hydrogens is 262 g/mol. The fourth-order valence-electron chi connectivity index (χ4n) is 2.96. The van der Waals surface area contributed by atoms with Crippen LogP contribution in [-0.4, -0.2) is 30.4 Å². The van der Waals surface area contributed by atoms with Crippen molar-refractivity contribution in [3.05, 3.63) is 23.8 Å². The number of nitrogens with one attached hydrogen (secondary N) is 1. The summed E-state index contributed by atoms with van der Waals surface area (Å²) in [6.07, 6.45) is 4.95. The molecular formula is C17H27N3O. The second-order valence-corrected chi connectivity index (χ2v) is 6.10. The molecule has 1 aliphatic heterocycles. The van der Waals surface area contributed by atoms with E-state index in [1.807, 2.05) is 25.1 Å². The molecule has 1 amide bonds. The first-order valence-electron chi connectivity index (χ1n) is 7.96. The highest BCUT2D eigenvalue weighted by Crippen LogP contribution is 2.21. The van der Waals surface area contributed by atoms with Gasteiger partial charge in [-0.1, -0.05) is 19.4 Å². The lowest BCUT2D eigenvalue weighted by Crippen LogP contribution is -2.34. The molecule has 3 N–H and O–H groups in total. The number of nitrogen functional groups attached to an aromatic ring is 1. The quantitative estimate of drug-likeness (QED) is 0.838. The van der Waals surface area contributed by atoms with Crippen LogP contribution < -0.4 is 11.1 Å². The van der Waals surface area contributed by atoms with Crippen LogP contribution in [0.4, 0.5) is 11.4 Å². The first kappa shape index (κ1) is 15.8. The van der Waals surface area contributed by atoms with Crippen LogP contribution in [-0.2, 0) is 4.79 Å². The van der Waals surface area contributed by atoms with Crippen molar-refractivity contribution in [1.82, 2.24) is 4.90 Å². The summed E-state index contributed by atoms with van der Waals surface area (Å²) < 4.78 is 0. The van der Waals surface area contributed by atoms with Gasteiger partial charge in [0, 0.05) is 11.4 Å². The summed E-state index contributed by atoms with van der Waals surface area (Å²) >= 11 is 0. The van der Waals surface area contributed by atoms with E-state index in [1.54, 1.807) is 0 Å². The van der Waals surface area contributed by atoms with E-state index in [0.717, 1.165) is 30.3 Å². The largest absolute Gasteiger partial charge is 0.399 e. The van der Waals surface area contributed by atoms with Gasteiger partial charge in [-0.05, 0) is 62.9 Å². The predicted octanol–water partition coefficient (Wildman–Crippen LogP) is 3.03. The highest BCUT2D eigenvalue weighted by molar-refractivity contribution is 5.93. The van der Waals surface area contributed by atoms with Crippen molar-refractivity contribution in [3.63, 3.8) is 0 Å². The number of hydrogen-bond acceptors (Lipinski definition) is 3. The van der Waals surface area contributed by atoms with Crippen molar-refractivity contribution < 1.29 is 4.79 Å². The number of nitrogens with zero attached hydrogens (tertiary/aromatic N) is 1. The maximum atomic E-state index is 12.2. The molecule has 0 saturated carbocycles. The number of benzene rings is 1. The molecule has 4 nitrogen and oxygen atoms in total. The lowest BCUT2D eigenvalue weighted by atomic mass is 9.98. The molecule has 0 aliphatic carbocycles. The van der Waals surface area contributed by atoms with Crippen molar-refractivity contribution in [2.45, 2.75) is 39.5 Å². The first-order chi connectivity index (χ1) is 10.1. The third kappa shape index (κ3) is 4.74. The van der Waals surface area contributed by atoms with Crippen LogP contribution in [0.3, 0.4) is 0 Å². The zero-order valence-corrected chi connectivity index (χ0v) is 13.2. The van der Waals surface area contributed by atoms with Crippen molar-refractivity contribution >= 4 is 17.3 Å². The molecule has 1 heterocycles. The van der Waals surface area contributed by atoms with Crippen LogP contribution in [0.5, 0.6) is 0 Å². The Balaban J connectivity index is 1.88. The second kappa shape index (κ2) is 7.46. The smallest absolute Gasteiger partial charge is 0.238 e. The molecule has 0 aromatic heterocycles. The van der Waals surface area contributed by atoms with Gasteiger partial charge in [0.25, 0.3) is 0 Å². The second-order valence-electron chi connectivity index (χ2n) is 6.10. The number of amides is 1. The Morgan fingerprint density at radius 2 is 2.19 bits per heavy atom. The minimum atomic E-state index is 0.0543. The molecule has 21 heavy (non-hydrogen) atoms. The van der Waals surface area contributed by atoms with E-state index in [9.17, 15) is 4.79 Å². The van der Waals surface area contributed by atoms with E-state index < -0.39 is 0 Å². The number of anilines is 2. The summed E-state index contributed by atoms with van der Waals surface area (Å²) in [6.45, 7) is 6.77. The van der Waals surface area contributed by atoms with Gasteiger partial charge in [-0.2, -0.15) is 0 Å². The average Bonchev–Trinajstić information content (AvgIpc) is 2.68. The maximum absolute atomic E-state index is 12.2. The van der Waals surface area contributed by atoms with Crippen molar-refractivity contribution in [2.75, 3.05) is 30.7 Å². The summed E-state index contributed by atoms with van der Waals surface area (Å²) in [5.41, 5.74) is 8.32. The summed E-state index contributed by atoms with van der Waals surface area (Å²) in [7, 11) is 0. The molecule has 4 heteroatoms. The first-order valence-corrected chi connectivity index (χ1v) is 7.96. The number of carbonyl (C=O) groups excluding carboxylic acids is 1. The summed E-state index contributed by atoms with van der Waals surface area (Å²) in [4.78, 5) is 14.5. The van der Waals surface area contributed by atoms with Gasteiger partial charge in [0.15, 0.2) is 0 Å². The molecule has 1 aromatic carbocycles. The third-order valence-electron chi connectivity index (χ3n) is 4.42. The van der Waals surface area contributed by atoms with Gasteiger partial charge >= 0.3 is 0 Å². The molecule has 2 rings (SSSR count).